The number of likely N-dealkylation sites (tertiary alicyclic amines) is 1. The number of amides is 2. The molecule has 0 bridgehead atoms. The van der Waals surface area contributed by atoms with Gasteiger partial charge in [-0.05, 0) is 56.2 Å². The van der Waals surface area contributed by atoms with Gasteiger partial charge in [0.25, 0.3) is 0 Å². The second-order valence-electron chi connectivity index (χ2n) is 7.31. The van der Waals surface area contributed by atoms with Crippen LogP contribution in [0.3, 0.4) is 0 Å². The van der Waals surface area contributed by atoms with Gasteiger partial charge in [-0.1, -0.05) is 23.8 Å². The van der Waals surface area contributed by atoms with Crippen LogP contribution in [-0.4, -0.2) is 41.5 Å². The SMILES string of the molecule is O=C(NCCC1=CCCCC1)[C@@H]1CC(=O)N(CCc2ccc(O)cc2)C1. The van der Waals surface area contributed by atoms with Gasteiger partial charge in [-0.3, -0.25) is 9.59 Å². The lowest BCUT2D eigenvalue weighted by Crippen LogP contribution is -2.34. The van der Waals surface area contributed by atoms with E-state index in [9.17, 15) is 14.7 Å². The lowest BCUT2D eigenvalue weighted by molar-refractivity contribution is -0.129. The molecule has 5 heteroatoms. The second-order valence-corrected chi connectivity index (χ2v) is 7.31. The number of allylic oxidation sites excluding steroid dienone is 1. The van der Waals surface area contributed by atoms with E-state index in [0.29, 0.717) is 26.1 Å². The van der Waals surface area contributed by atoms with Gasteiger partial charge < -0.3 is 15.3 Å². The standard InChI is InChI=1S/C21H28N2O3/c24-19-8-6-17(7-9-19)11-13-23-15-18(14-20(23)25)21(26)22-12-10-16-4-2-1-3-5-16/h4,6-9,18,24H,1-3,5,10-15H2,(H,22,26)/t18-/m1/s1. The van der Waals surface area contributed by atoms with Crippen molar-refractivity contribution in [2.75, 3.05) is 19.6 Å². The Morgan fingerprint density at radius 3 is 2.73 bits per heavy atom. The third-order valence-electron chi connectivity index (χ3n) is 5.32. The van der Waals surface area contributed by atoms with Crippen LogP contribution in [0.25, 0.3) is 0 Å². The fourth-order valence-corrected chi connectivity index (χ4v) is 3.71. The molecule has 0 saturated carbocycles. The third kappa shape index (κ3) is 5.10. The maximum Gasteiger partial charge on any atom is 0.225 e. The molecule has 1 atom stereocenters. The van der Waals surface area contributed by atoms with Crippen molar-refractivity contribution in [1.82, 2.24) is 10.2 Å². The van der Waals surface area contributed by atoms with Crippen LogP contribution in [0.4, 0.5) is 0 Å². The Morgan fingerprint density at radius 1 is 1.19 bits per heavy atom. The molecular weight excluding hydrogens is 328 g/mol. The molecule has 0 unspecified atom stereocenters. The average molecular weight is 356 g/mol. The molecule has 0 radical (unpaired) electrons. The number of carbonyl (C=O) groups excluding carboxylic acids is 2. The number of nitrogens with zero attached hydrogens (tertiary/aromatic N) is 1. The first-order valence-corrected chi connectivity index (χ1v) is 9.63. The molecule has 1 aromatic rings. The molecule has 1 heterocycles. The number of aromatic hydroxyl groups is 1. The molecule has 1 fully saturated rings. The van der Waals surface area contributed by atoms with Gasteiger partial charge in [-0.15, -0.1) is 0 Å². The Bertz CT molecular complexity index is 666. The minimum atomic E-state index is -0.234. The van der Waals surface area contributed by atoms with Crippen molar-refractivity contribution in [3.63, 3.8) is 0 Å². The Kier molecular flexibility index (Phi) is 6.31. The maximum atomic E-state index is 12.4. The van der Waals surface area contributed by atoms with Crippen LogP contribution in [-0.2, 0) is 16.0 Å². The molecule has 1 aliphatic carbocycles. The fraction of sp³-hybridized carbons (Fsp3) is 0.524. The fourth-order valence-electron chi connectivity index (χ4n) is 3.71. The van der Waals surface area contributed by atoms with Crippen LogP contribution in [0, 0.1) is 5.92 Å². The van der Waals surface area contributed by atoms with Gasteiger partial charge in [0, 0.05) is 26.1 Å². The van der Waals surface area contributed by atoms with Gasteiger partial charge in [0.2, 0.25) is 11.8 Å². The maximum absolute atomic E-state index is 12.4. The second kappa shape index (κ2) is 8.88. The summed E-state index contributed by atoms with van der Waals surface area (Å²) in [6.07, 6.45) is 9.13. The van der Waals surface area contributed by atoms with Gasteiger partial charge in [-0.25, -0.2) is 0 Å². The largest absolute Gasteiger partial charge is 0.508 e. The highest BCUT2D eigenvalue weighted by Gasteiger charge is 2.33. The van der Waals surface area contributed by atoms with Crippen molar-refractivity contribution in [2.24, 2.45) is 5.92 Å². The summed E-state index contributed by atoms with van der Waals surface area (Å²) in [7, 11) is 0. The Hall–Kier alpha value is -2.30. The average Bonchev–Trinajstić information content (AvgIpc) is 3.03. The van der Waals surface area contributed by atoms with Gasteiger partial charge >= 0.3 is 0 Å². The molecule has 1 aromatic carbocycles. The van der Waals surface area contributed by atoms with E-state index in [1.54, 1.807) is 17.0 Å². The molecule has 0 spiro atoms. The van der Waals surface area contributed by atoms with Crippen LogP contribution >= 0.6 is 0 Å². The van der Waals surface area contributed by atoms with Crippen molar-refractivity contribution in [1.29, 1.82) is 0 Å². The van der Waals surface area contributed by atoms with Crippen LogP contribution in [0.2, 0.25) is 0 Å². The Morgan fingerprint density at radius 2 is 2.00 bits per heavy atom. The van der Waals surface area contributed by atoms with Crippen LogP contribution < -0.4 is 5.32 Å². The van der Waals surface area contributed by atoms with E-state index in [1.807, 2.05) is 12.1 Å². The van der Waals surface area contributed by atoms with E-state index in [1.165, 1.54) is 18.4 Å². The number of benzene rings is 1. The molecule has 26 heavy (non-hydrogen) atoms. The van der Waals surface area contributed by atoms with E-state index in [4.69, 9.17) is 0 Å². The molecule has 3 rings (SSSR count). The Labute approximate surface area is 155 Å². The summed E-state index contributed by atoms with van der Waals surface area (Å²) in [6.45, 7) is 1.79. The third-order valence-corrected chi connectivity index (χ3v) is 5.32. The quantitative estimate of drug-likeness (QED) is 0.738. The molecule has 140 valence electrons. The topological polar surface area (TPSA) is 69.6 Å². The monoisotopic (exact) mass is 356 g/mol. The number of hydrogen-bond acceptors (Lipinski definition) is 3. The zero-order chi connectivity index (χ0) is 18.4. The van der Waals surface area contributed by atoms with Crippen molar-refractivity contribution in [3.8, 4) is 5.75 Å². The summed E-state index contributed by atoms with van der Waals surface area (Å²) in [5.41, 5.74) is 2.53. The highest BCUT2D eigenvalue weighted by Crippen LogP contribution is 2.21. The summed E-state index contributed by atoms with van der Waals surface area (Å²) in [5, 5.41) is 12.3. The predicted molar refractivity (Wildman–Crippen MR) is 101 cm³/mol. The summed E-state index contributed by atoms with van der Waals surface area (Å²) in [4.78, 5) is 26.3. The minimum Gasteiger partial charge on any atom is -0.508 e. The highest BCUT2D eigenvalue weighted by molar-refractivity contribution is 5.89. The summed E-state index contributed by atoms with van der Waals surface area (Å²) < 4.78 is 0. The number of phenolic OH excluding ortho intramolecular Hbond substituents is 1. The van der Waals surface area contributed by atoms with Crippen LogP contribution in [0.5, 0.6) is 5.75 Å². The van der Waals surface area contributed by atoms with Gasteiger partial charge in [0.15, 0.2) is 0 Å². The van der Waals surface area contributed by atoms with Gasteiger partial charge in [0.05, 0.1) is 5.92 Å². The number of rotatable bonds is 7. The lowest BCUT2D eigenvalue weighted by atomic mass is 9.97. The normalized spacial score (nSPS) is 20.2. The van der Waals surface area contributed by atoms with Crippen LogP contribution in [0.15, 0.2) is 35.9 Å². The molecule has 1 aliphatic heterocycles. The number of nitrogens with one attached hydrogen (secondary N) is 1. The lowest BCUT2D eigenvalue weighted by Gasteiger charge is -2.17. The molecule has 0 aromatic heterocycles. The number of hydrogen-bond donors (Lipinski definition) is 2. The highest BCUT2D eigenvalue weighted by atomic mass is 16.3. The first kappa shape index (κ1) is 18.5. The first-order valence-electron chi connectivity index (χ1n) is 9.63. The zero-order valence-electron chi connectivity index (χ0n) is 15.2. The van der Waals surface area contributed by atoms with E-state index in [0.717, 1.165) is 31.2 Å². The number of phenols is 1. The van der Waals surface area contributed by atoms with Crippen molar-refractivity contribution in [3.05, 3.63) is 41.5 Å². The molecule has 2 amide bonds. The Balaban J connectivity index is 1.40. The summed E-state index contributed by atoms with van der Waals surface area (Å²) in [5.74, 6) is 0.0650. The molecule has 5 nitrogen and oxygen atoms in total. The van der Waals surface area contributed by atoms with Crippen molar-refractivity contribution < 1.29 is 14.7 Å². The zero-order valence-corrected chi connectivity index (χ0v) is 15.2. The van der Waals surface area contributed by atoms with Crippen LogP contribution in [0.1, 0.15) is 44.1 Å². The van der Waals surface area contributed by atoms with Gasteiger partial charge in [0.1, 0.15) is 5.75 Å². The van der Waals surface area contributed by atoms with E-state index in [2.05, 4.69) is 11.4 Å². The number of carbonyl (C=O) groups is 2. The smallest absolute Gasteiger partial charge is 0.225 e. The molecule has 2 N–H and O–H groups in total. The summed E-state index contributed by atoms with van der Waals surface area (Å²) >= 11 is 0. The first-order chi connectivity index (χ1) is 12.6. The summed E-state index contributed by atoms with van der Waals surface area (Å²) in [6, 6.07) is 7.03. The van der Waals surface area contributed by atoms with E-state index in [-0.39, 0.29) is 23.5 Å². The van der Waals surface area contributed by atoms with E-state index >= 15 is 0 Å². The molecule has 1 saturated heterocycles. The minimum absolute atomic E-state index is 0.00175. The van der Waals surface area contributed by atoms with Crippen molar-refractivity contribution in [2.45, 2.75) is 44.9 Å². The predicted octanol–water partition coefficient (Wildman–Crippen LogP) is 2.79. The van der Waals surface area contributed by atoms with Crippen molar-refractivity contribution >= 4 is 11.8 Å². The van der Waals surface area contributed by atoms with E-state index < -0.39 is 0 Å². The molecular formula is C21H28N2O3. The molecule has 2 aliphatic rings. The van der Waals surface area contributed by atoms with Gasteiger partial charge in [-0.2, -0.15) is 0 Å².